The molecule has 1 atom stereocenters. The quantitative estimate of drug-likeness (QED) is 0.866. The minimum absolute atomic E-state index is 0.00869. The van der Waals surface area contributed by atoms with Crippen LogP contribution in [0.1, 0.15) is 35.8 Å². The second kappa shape index (κ2) is 7.13. The molecule has 24 heavy (non-hydrogen) atoms. The number of hydrogen-bond donors (Lipinski definition) is 1. The summed E-state index contributed by atoms with van der Waals surface area (Å²) in [5, 5.41) is 6.97. The summed E-state index contributed by atoms with van der Waals surface area (Å²) in [7, 11) is 3.23. The molecule has 128 valence electrons. The highest BCUT2D eigenvalue weighted by Crippen LogP contribution is 2.39. The number of halogens is 1. The number of carbonyl (C=O) groups excluding carboxylic acids is 1. The Morgan fingerprint density at radius 1 is 1.33 bits per heavy atom. The minimum atomic E-state index is -0.0323. The predicted octanol–water partition coefficient (Wildman–Crippen LogP) is 3.08. The lowest BCUT2D eigenvalue weighted by atomic mass is 10.1. The van der Waals surface area contributed by atoms with E-state index in [1.165, 1.54) is 5.56 Å². The molecule has 1 amide bonds. The van der Waals surface area contributed by atoms with Crippen molar-refractivity contribution in [1.29, 1.82) is 0 Å². The number of rotatable bonds is 6. The molecule has 0 radical (unpaired) electrons. The van der Waals surface area contributed by atoms with Crippen molar-refractivity contribution in [2.45, 2.75) is 31.7 Å². The molecule has 0 spiro atoms. The van der Waals surface area contributed by atoms with Crippen LogP contribution in [-0.4, -0.2) is 25.3 Å². The molecule has 0 aliphatic heterocycles. The van der Waals surface area contributed by atoms with Gasteiger partial charge >= 0.3 is 0 Å². The van der Waals surface area contributed by atoms with Crippen molar-refractivity contribution in [2.24, 2.45) is 0 Å². The fourth-order valence-corrected chi connectivity index (χ4v) is 3.15. The monoisotopic (exact) mass is 350 g/mol. The van der Waals surface area contributed by atoms with Crippen molar-refractivity contribution in [3.63, 3.8) is 0 Å². The Kier molecular flexibility index (Phi) is 4.94. The summed E-state index contributed by atoms with van der Waals surface area (Å²) in [6, 6.07) is 5.54. The molecule has 1 aromatic heterocycles. The Balaban J connectivity index is 1.64. The van der Waals surface area contributed by atoms with Gasteiger partial charge in [-0.15, -0.1) is 0 Å². The van der Waals surface area contributed by atoms with E-state index < -0.39 is 0 Å². The maximum absolute atomic E-state index is 12.2. The molecule has 3 rings (SSSR count). The third kappa shape index (κ3) is 3.48. The fourth-order valence-electron chi connectivity index (χ4n) is 2.99. The van der Waals surface area contributed by atoms with E-state index in [2.05, 4.69) is 10.5 Å². The summed E-state index contributed by atoms with van der Waals surface area (Å²) < 4.78 is 15.7. The molecule has 0 bridgehead atoms. The summed E-state index contributed by atoms with van der Waals surface area (Å²) >= 11 is 5.70. The lowest BCUT2D eigenvalue weighted by Gasteiger charge is -2.16. The molecule has 1 aliphatic carbocycles. The number of carbonyl (C=O) groups is 1. The molecule has 6 nitrogen and oxygen atoms in total. The zero-order valence-corrected chi connectivity index (χ0v) is 14.4. The van der Waals surface area contributed by atoms with Crippen LogP contribution in [0.5, 0.6) is 11.5 Å². The largest absolute Gasteiger partial charge is 0.493 e. The Morgan fingerprint density at radius 3 is 2.75 bits per heavy atom. The molecule has 1 aromatic carbocycles. The Labute approximate surface area is 145 Å². The van der Waals surface area contributed by atoms with E-state index in [0.717, 1.165) is 18.4 Å². The van der Waals surface area contributed by atoms with Crippen LogP contribution in [0.4, 0.5) is 0 Å². The van der Waals surface area contributed by atoms with Crippen LogP contribution >= 0.6 is 11.6 Å². The maximum Gasteiger partial charge on any atom is 0.220 e. The summed E-state index contributed by atoms with van der Waals surface area (Å²) in [4.78, 5) is 12.2. The van der Waals surface area contributed by atoms with Crippen molar-refractivity contribution >= 4 is 17.5 Å². The van der Waals surface area contributed by atoms with Gasteiger partial charge in [-0.05, 0) is 36.1 Å². The zero-order valence-electron chi connectivity index (χ0n) is 13.6. The van der Waals surface area contributed by atoms with E-state index in [0.29, 0.717) is 35.3 Å². The van der Waals surface area contributed by atoms with E-state index in [9.17, 15) is 4.79 Å². The van der Waals surface area contributed by atoms with Crippen LogP contribution in [0, 0.1) is 0 Å². The standard InChI is InChI=1S/C17H19ClN2O4/c1-22-14-7-10-3-5-13(12(10)9-15(14)23-2)19-17(21)6-4-11-8-16(18)20-24-11/h7-9,13H,3-6H2,1-2H3,(H,19,21)/t13-/m0/s1. The lowest BCUT2D eigenvalue weighted by Crippen LogP contribution is -2.27. The highest BCUT2D eigenvalue weighted by molar-refractivity contribution is 6.29. The van der Waals surface area contributed by atoms with Gasteiger partial charge in [0.1, 0.15) is 5.76 Å². The topological polar surface area (TPSA) is 73.6 Å². The van der Waals surface area contributed by atoms with E-state index >= 15 is 0 Å². The molecule has 2 aromatic rings. The Hall–Kier alpha value is -2.21. The molecule has 0 unspecified atom stereocenters. The second-order valence-electron chi connectivity index (χ2n) is 5.68. The van der Waals surface area contributed by atoms with Crippen LogP contribution in [-0.2, 0) is 17.6 Å². The first-order valence-corrected chi connectivity index (χ1v) is 8.13. The van der Waals surface area contributed by atoms with Crippen LogP contribution in [0.2, 0.25) is 5.15 Å². The maximum atomic E-state index is 12.2. The minimum Gasteiger partial charge on any atom is -0.493 e. The third-order valence-corrected chi connectivity index (χ3v) is 4.37. The fraction of sp³-hybridized carbons (Fsp3) is 0.412. The van der Waals surface area contributed by atoms with Gasteiger partial charge in [0, 0.05) is 18.9 Å². The molecule has 1 N–H and O–H groups in total. The van der Waals surface area contributed by atoms with Crippen LogP contribution < -0.4 is 14.8 Å². The van der Waals surface area contributed by atoms with Gasteiger partial charge in [-0.3, -0.25) is 4.79 Å². The lowest BCUT2D eigenvalue weighted by molar-refractivity contribution is -0.121. The number of nitrogens with zero attached hydrogens (tertiary/aromatic N) is 1. The number of amides is 1. The van der Waals surface area contributed by atoms with Crippen molar-refractivity contribution in [2.75, 3.05) is 14.2 Å². The van der Waals surface area contributed by atoms with E-state index in [1.54, 1.807) is 20.3 Å². The third-order valence-electron chi connectivity index (χ3n) is 4.19. The summed E-state index contributed by atoms with van der Waals surface area (Å²) in [6.07, 6.45) is 2.56. The van der Waals surface area contributed by atoms with Gasteiger partial charge in [0.05, 0.1) is 20.3 Å². The first-order valence-electron chi connectivity index (χ1n) is 7.76. The average Bonchev–Trinajstić information content (AvgIpc) is 3.17. The molecule has 0 saturated carbocycles. The smallest absolute Gasteiger partial charge is 0.220 e. The summed E-state index contributed by atoms with van der Waals surface area (Å²) in [5.74, 6) is 1.96. The van der Waals surface area contributed by atoms with Gasteiger partial charge in [0.15, 0.2) is 16.7 Å². The first-order chi connectivity index (χ1) is 11.6. The molecule has 0 saturated heterocycles. The molecular formula is C17H19ClN2O4. The Bertz CT molecular complexity index is 744. The number of aromatic nitrogens is 1. The number of hydrogen-bond acceptors (Lipinski definition) is 5. The van der Waals surface area contributed by atoms with E-state index in [4.69, 9.17) is 25.6 Å². The van der Waals surface area contributed by atoms with Crippen molar-refractivity contribution in [3.8, 4) is 11.5 Å². The average molecular weight is 351 g/mol. The number of ether oxygens (including phenoxy) is 2. The number of aryl methyl sites for hydroxylation is 2. The van der Waals surface area contributed by atoms with Gasteiger partial charge in [0.25, 0.3) is 0 Å². The Morgan fingerprint density at radius 2 is 2.08 bits per heavy atom. The SMILES string of the molecule is COc1cc2c(cc1OC)[C@@H](NC(=O)CCc1cc(Cl)no1)CC2. The zero-order chi connectivity index (χ0) is 17.1. The van der Waals surface area contributed by atoms with Gasteiger partial charge in [-0.1, -0.05) is 16.8 Å². The molecule has 1 aliphatic rings. The van der Waals surface area contributed by atoms with Crippen LogP contribution in [0.25, 0.3) is 0 Å². The van der Waals surface area contributed by atoms with Crippen LogP contribution in [0.15, 0.2) is 22.7 Å². The molecule has 0 fully saturated rings. The van der Waals surface area contributed by atoms with Gasteiger partial charge in [-0.25, -0.2) is 0 Å². The first kappa shape index (κ1) is 16.6. The van der Waals surface area contributed by atoms with Crippen molar-refractivity contribution in [3.05, 3.63) is 40.2 Å². The number of benzene rings is 1. The molecule has 1 heterocycles. The highest BCUT2D eigenvalue weighted by atomic mass is 35.5. The van der Waals surface area contributed by atoms with Crippen molar-refractivity contribution < 1.29 is 18.8 Å². The number of nitrogens with one attached hydrogen (secondary N) is 1. The van der Waals surface area contributed by atoms with E-state index in [-0.39, 0.29) is 11.9 Å². The molecule has 7 heteroatoms. The highest BCUT2D eigenvalue weighted by Gasteiger charge is 2.26. The number of methoxy groups -OCH3 is 2. The normalized spacial score (nSPS) is 15.9. The predicted molar refractivity (Wildman–Crippen MR) is 88.6 cm³/mol. The van der Waals surface area contributed by atoms with Crippen LogP contribution in [0.3, 0.4) is 0 Å². The van der Waals surface area contributed by atoms with Gasteiger partial charge in [-0.2, -0.15) is 0 Å². The summed E-state index contributed by atoms with van der Waals surface area (Å²) in [6.45, 7) is 0. The van der Waals surface area contributed by atoms with Gasteiger partial charge < -0.3 is 19.3 Å². The van der Waals surface area contributed by atoms with Gasteiger partial charge in [0.2, 0.25) is 5.91 Å². The van der Waals surface area contributed by atoms with E-state index in [1.807, 2.05) is 12.1 Å². The van der Waals surface area contributed by atoms with Crippen molar-refractivity contribution in [1.82, 2.24) is 10.5 Å². The summed E-state index contributed by atoms with van der Waals surface area (Å²) in [5.41, 5.74) is 2.27. The second-order valence-corrected chi connectivity index (χ2v) is 6.07. The number of fused-ring (bicyclic) bond motifs is 1. The molecular weight excluding hydrogens is 332 g/mol.